The van der Waals surface area contributed by atoms with Gasteiger partial charge in [-0.05, 0) is 45.3 Å². The normalized spacial score (nSPS) is 26.9. The SMILES string of the molecule is CC(C)CN(C)CCCN1CC2(CCN([C@H]3CCCNC3)CC2)OC1=O. The Bertz CT molecular complexity index is 457. The summed E-state index contributed by atoms with van der Waals surface area (Å²) >= 11 is 0. The maximum Gasteiger partial charge on any atom is 0.410 e. The van der Waals surface area contributed by atoms with Crippen molar-refractivity contribution in [3.8, 4) is 0 Å². The molecule has 3 fully saturated rings. The Morgan fingerprint density at radius 1 is 1.35 bits per heavy atom. The zero-order valence-corrected chi connectivity index (χ0v) is 17.0. The van der Waals surface area contributed by atoms with Gasteiger partial charge in [0.25, 0.3) is 0 Å². The second-order valence-electron chi connectivity index (χ2n) is 9.02. The molecule has 3 aliphatic rings. The molecule has 3 aliphatic heterocycles. The van der Waals surface area contributed by atoms with Crippen LogP contribution < -0.4 is 5.32 Å². The Hall–Kier alpha value is -0.850. The predicted molar refractivity (Wildman–Crippen MR) is 104 cm³/mol. The average molecular weight is 367 g/mol. The fourth-order valence-electron chi connectivity index (χ4n) is 4.81. The number of carbonyl (C=O) groups is 1. The number of rotatable bonds is 7. The first-order valence-electron chi connectivity index (χ1n) is 10.6. The quantitative estimate of drug-likeness (QED) is 0.747. The van der Waals surface area contributed by atoms with E-state index >= 15 is 0 Å². The number of nitrogens with zero attached hydrogens (tertiary/aromatic N) is 3. The maximum atomic E-state index is 12.4. The van der Waals surface area contributed by atoms with E-state index in [1.807, 2.05) is 4.90 Å². The van der Waals surface area contributed by atoms with Crippen molar-refractivity contribution < 1.29 is 9.53 Å². The Balaban J connectivity index is 1.41. The summed E-state index contributed by atoms with van der Waals surface area (Å²) in [5.74, 6) is 0.685. The van der Waals surface area contributed by atoms with Crippen molar-refractivity contribution in [3.05, 3.63) is 0 Å². The van der Waals surface area contributed by atoms with Crippen LogP contribution in [-0.2, 0) is 4.74 Å². The van der Waals surface area contributed by atoms with Gasteiger partial charge in [0.05, 0.1) is 6.54 Å². The summed E-state index contributed by atoms with van der Waals surface area (Å²) in [7, 11) is 2.17. The van der Waals surface area contributed by atoms with Gasteiger partial charge in [0.15, 0.2) is 0 Å². The fourth-order valence-corrected chi connectivity index (χ4v) is 4.81. The van der Waals surface area contributed by atoms with Gasteiger partial charge in [-0.3, -0.25) is 4.90 Å². The third kappa shape index (κ3) is 5.11. The van der Waals surface area contributed by atoms with Gasteiger partial charge in [-0.1, -0.05) is 13.8 Å². The summed E-state index contributed by atoms with van der Waals surface area (Å²) in [6, 6.07) is 0.672. The first-order chi connectivity index (χ1) is 12.5. The number of likely N-dealkylation sites (tertiary alicyclic amines) is 1. The molecule has 0 saturated carbocycles. The molecule has 0 aromatic rings. The number of hydrogen-bond donors (Lipinski definition) is 1. The zero-order chi connectivity index (χ0) is 18.6. The topological polar surface area (TPSA) is 48.0 Å². The molecule has 1 amide bonds. The van der Waals surface area contributed by atoms with E-state index in [9.17, 15) is 4.79 Å². The molecule has 3 saturated heterocycles. The minimum atomic E-state index is -0.223. The van der Waals surface area contributed by atoms with Gasteiger partial charge in [-0.25, -0.2) is 4.79 Å². The summed E-state index contributed by atoms with van der Waals surface area (Å²) in [4.78, 5) is 19.3. The number of nitrogens with one attached hydrogen (secondary N) is 1. The van der Waals surface area contributed by atoms with Crippen LogP contribution in [-0.4, -0.2) is 91.8 Å². The van der Waals surface area contributed by atoms with Crippen molar-refractivity contribution in [2.45, 2.75) is 57.6 Å². The lowest BCUT2D eigenvalue weighted by atomic mass is 9.89. The molecule has 6 nitrogen and oxygen atoms in total. The molecule has 1 atom stereocenters. The highest BCUT2D eigenvalue weighted by molar-refractivity contribution is 5.70. The lowest BCUT2D eigenvalue weighted by Gasteiger charge is -2.42. The number of hydrogen-bond acceptors (Lipinski definition) is 5. The van der Waals surface area contributed by atoms with Gasteiger partial charge in [0, 0.05) is 51.6 Å². The van der Waals surface area contributed by atoms with Crippen LogP contribution in [0.2, 0.25) is 0 Å². The third-order valence-electron chi connectivity index (χ3n) is 6.18. The van der Waals surface area contributed by atoms with Gasteiger partial charge in [0.2, 0.25) is 0 Å². The molecule has 0 aliphatic carbocycles. The molecule has 0 aromatic carbocycles. The van der Waals surface area contributed by atoms with Crippen molar-refractivity contribution in [2.75, 3.05) is 59.4 Å². The molecule has 0 radical (unpaired) electrons. The largest absolute Gasteiger partial charge is 0.441 e. The Morgan fingerprint density at radius 2 is 2.12 bits per heavy atom. The van der Waals surface area contributed by atoms with E-state index in [0.29, 0.717) is 12.0 Å². The predicted octanol–water partition coefficient (Wildman–Crippen LogP) is 2.00. The molecule has 6 heteroatoms. The van der Waals surface area contributed by atoms with Crippen LogP contribution in [0.5, 0.6) is 0 Å². The molecule has 0 unspecified atom stereocenters. The van der Waals surface area contributed by atoms with Crippen LogP contribution >= 0.6 is 0 Å². The van der Waals surface area contributed by atoms with Crippen molar-refractivity contribution >= 4 is 6.09 Å². The number of carbonyl (C=O) groups excluding carboxylic acids is 1. The van der Waals surface area contributed by atoms with Crippen molar-refractivity contribution in [1.82, 2.24) is 20.0 Å². The lowest BCUT2D eigenvalue weighted by molar-refractivity contribution is -0.0127. The van der Waals surface area contributed by atoms with Crippen molar-refractivity contribution in [2.24, 2.45) is 5.92 Å². The van der Waals surface area contributed by atoms with Crippen molar-refractivity contribution in [3.63, 3.8) is 0 Å². The molecule has 0 bridgehead atoms. The highest BCUT2D eigenvalue weighted by Gasteiger charge is 2.47. The second kappa shape index (κ2) is 8.89. The van der Waals surface area contributed by atoms with Crippen LogP contribution in [0.25, 0.3) is 0 Å². The number of amides is 1. The van der Waals surface area contributed by atoms with E-state index in [4.69, 9.17) is 4.74 Å². The highest BCUT2D eigenvalue weighted by atomic mass is 16.6. The van der Waals surface area contributed by atoms with Crippen LogP contribution in [0.3, 0.4) is 0 Å². The van der Waals surface area contributed by atoms with E-state index in [-0.39, 0.29) is 11.7 Å². The van der Waals surface area contributed by atoms with E-state index < -0.39 is 0 Å². The van der Waals surface area contributed by atoms with Gasteiger partial charge >= 0.3 is 6.09 Å². The van der Waals surface area contributed by atoms with Gasteiger partial charge in [0.1, 0.15) is 5.60 Å². The molecular formula is C20H38N4O2. The summed E-state index contributed by atoms with van der Waals surface area (Å²) in [5, 5.41) is 3.51. The van der Waals surface area contributed by atoms with Gasteiger partial charge in [-0.2, -0.15) is 0 Å². The molecule has 1 spiro atoms. The molecule has 1 N–H and O–H groups in total. The number of ether oxygens (including phenoxy) is 1. The smallest absolute Gasteiger partial charge is 0.410 e. The summed E-state index contributed by atoms with van der Waals surface area (Å²) in [5.41, 5.74) is -0.223. The summed E-state index contributed by atoms with van der Waals surface area (Å²) < 4.78 is 5.89. The Labute approximate surface area is 159 Å². The fraction of sp³-hybridized carbons (Fsp3) is 0.950. The van der Waals surface area contributed by atoms with Gasteiger partial charge < -0.3 is 19.9 Å². The van der Waals surface area contributed by atoms with Crippen LogP contribution in [0.15, 0.2) is 0 Å². The van der Waals surface area contributed by atoms with Gasteiger partial charge in [-0.15, -0.1) is 0 Å². The second-order valence-corrected chi connectivity index (χ2v) is 9.02. The van der Waals surface area contributed by atoms with Crippen molar-refractivity contribution in [1.29, 1.82) is 0 Å². The van der Waals surface area contributed by atoms with E-state index in [1.54, 1.807) is 0 Å². The summed E-state index contributed by atoms with van der Waals surface area (Å²) in [6.07, 6.45) is 5.48. The van der Waals surface area contributed by atoms with Crippen LogP contribution in [0.4, 0.5) is 4.79 Å². The van der Waals surface area contributed by atoms with E-state index in [0.717, 1.165) is 71.6 Å². The number of piperidine rings is 2. The van der Waals surface area contributed by atoms with Crippen LogP contribution in [0, 0.1) is 5.92 Å². The zero-order valence-electron chi connectivity index (χ0n) is 17.0. The standard InChI is InChI=1S/C20H38N4O2/c1-17(2)15-22(3)10-5-11-24-16-20(26-19(24)25)7-12-23(13-8-20)18-6-4-9-21-14-18/h17-18,21H,4-16H2,1-3H3/t18-/m0/s1. The van der Waals surface area contributed by atoms with Crippen LogP contribution in [0.1, 0.15) is 46.0 Å². The molecular weight excluding hydrogens is 328 g/mol. The molecule has 26 heavy (non-hydrogen) atoms. The first-order valence-corrected chi connectivity index (χ1v) is 10.6. The first kappa shape index (κ1) is 19.9. The Kier molecular flexibility index (Phi) is 6.81. The minimum Gasteiger partial charge on any atom is -0.441 e. The molecule has 150 valence electrons. The third-order valence-corrected chi connectivity index (χ3v) is 6.18. The monoisotopic (exact) mass is 366 g/mol. The molecule has 3 heterocycles. The lowest BCUT2D eigenvalue weighted by Crippen LogP contribution is -2.53. The highest BCUT2D eigenvalue weighted by Crippen LogP contribution is 2.34. The molecule has 0 aromatic heterocycles. The molecule has 3 rings (SSSR count). The van der Waals surface area contributed by atoms with E-state index in [1.165, 1.54) is 12.8 Å². The summed E-state index contributed by atoms with van der Waals surface area (Å²) in [6.45, 7) is 12.6. The average Bonchev–Trinajstić information content (AvgIpc) is 2.91. The Morgan fingerprint density at radius 3 is 2.77 bits per heavy atom. The van der Waals surface area contributed by atoms with E-state index in [2.05, 4.69) is 36.0 Å². The minimum absolute atomic E-state index is 0.0932. The maximum absolute atomic E-state index is 12.4.